The predicted molar refractivity (Wildman–Crippen MR) is 99.7 cm³/mol. The van der Waals surface area contributed by atoms with Gasteiger partial charge in [0.2, 0.25) is 0 Å². The number of rotatable bonds is 6. The van der Waals surface area contributed by atoms with Crippen molar-refractivity contribution in [1.29, 1.82) is 0 Å². The summed E-state index contributed by atoms with van der Waals surface area (Å²) in [5.74, 6) is -0.609. The van der Waals surface area contributed by atoms with Gasteiger partial charge in [0.15, 0.2) is 0 Å². The van der Waals surface area contributed by atoms with Crippen LogP contribution in [0.4, 0.5) is 11.5 Å². The van der Waals surface area contributed by atoms with E-state index in [9.17, 15) is 14.9 Å². The van der Waals surface area contributed by atoms with Crippen LogP contribution in [0.5, 0.6) is 0 Å². The van der Waals surface area contributed by atoms with Crippen molar-refractivity contribution >= 4 is 29.0 Å². The van der Waals surface area contributed by atoms with Gasteiger partial charge in [0.25, 0.3) is 5.91 Å². The monoisotopic (exact) mass is 388 g/mol. The van der Waals surface area contributed by atoms with Crippen molar-refractivity contribution in [1.82, 2.24) is 19.6 Å². The van der Waals surface area contributed by atoms with Crippen LogP contribution in [0.1, 0.15) is 24.2 Å². The van der Waals surface area contributed by atoms with E-state index in [-0.39, 0.29) is 11.7 Å². The van der Waals surface area contributed by atoms with E-state index in [4.69, 9.17) is 11.6 Å². The van der Waals surface area contributed by atoms with Gasteiger partial charge < -0.3 is 15.4 Å². The van der Waals surface area contributed by atoms with Crippen LogP contribution in [0.25, 0.3) is 0 Å². The third-order valence-corrected chi connectivity index (χ3v) is 4.18. The number of carbonyl (C=O) groups excluding carboxylic acids is 1. The largest absolute Gasteiger partial charge is 0.390 e. The number of anilines is 1. The maximum atomic E-state index is 12.5. The lowest BCUT2D eigenvalue weighted by Crippen LogP contribution is -2.25. The average Bonchev–Trinajstić information content (AvgIpc) is 3.20. The Labute approximate surface area is 159 Å². The van der Waals surface area contributed by atoms with Gasteiger partial charge in [0.05, 0.1) is 34.6 Å². The molecule has 2 aromatic heterocycles. The Morgan fingerprint density at radius 3 is 2.81 bits per heavy atom. The van der Waals surface area contributed by atoms with Gasteiger partial charge in [0.1, 0.15) is 6.04 Å². The first-order valence-corrected chi connectivity index (χ1v) is 8.49. The molecule has 0 spiro atoms. The minimum atomic E-state index is -0.702. The van der Waals surface area contributed by atoms with E-state index in [0.29, 0.717) is 22.9 Å². The molecule has 2 heterocycles. The zero-order valence-corrected chi connectivity index (χ0v) is 15.4. The van der Waals surface area contributed by atoms with E-state index >= 15 is 0 Å². The summed E-state index contributed by atoms with van der Waals surface area (Å²) in [5.41, 5.74) is 2.08. The highest BCUT2D eigenvalue weighted by Crippen LogP contribution is 2.19. The molecular formula is C17H17ClN6O3. The van der Waals surface area contributed by atoms with Crippen molar-refractivity contribution in [2.75, 3.05) is 5.32 Å². The van der Waals surface area contributed by atoms with E-state index in [1.165, 1.54) is 10.7 Å². The van der Waals surface area contributed by atoms with E-state index in [1.807, 2.05) is 18.2 Å². The maximum absolute atomic E-state index is 12.5. The molecule has 0 saturated carbocycles. The number of nitro groups is 1. The van der Waals surface area contributed by atoms with E-state index in [1.54, 1.807) is 37.0 Å². The first-order valence-electron chi connectivity index (χ1n) is 8.12. The Morgan fingerprint density at radius 2 is 2.19 bits per heavy atom. The van der Waals surface area contributed by atoms with Crippen LogP contribution in [0.3, 0.4) is 0 Å². The number of hydrogen-bond donors (Lipinski definition) is 1. The summed E-state index contributed by atoms with van der Waals surface area (Å²) in [4.78, 5) is 22.8. The van der Waals surface area contributed by atoms with Crippen LogP contribution in [-0.4, -0.2) is 30.4 Å². The summed E-state index contributed by atoms with van der Waals surface area (Å²) in [5, 5.41) is 22.2. The van der Waals surface area contributed by atoms with Crippen LogP contribution in [0.15, 0.2) is 42.7 Å². The van der Waals surface area contributed by atoms with Gasteiger partial charge in [-0.3, -0.25) is 9.48 Å². The fourth-order valence-electron chi connectivity index (χ4n) is 2.67. The van der Waals surface area contributed by atoms with Gasteiger partial charge in [0, 0.05) is 11.9 Å². The molecule has 0 aliphatic rings. The molecule has 1 aromatic carbocycles. The third-order valence-electron chi connectivity index (χ3n) is 3.98. The fraction of sp³-hybridized carbons (Fsp3) is 0.235. The highest BCUT2D eigenvalue weighted by atomic mass is 35.5. The minimum Gasteiger partial charge on any atom is -0.358 e. The number of halogens is 1. The highest BCUT2D eigenvalue weighted by molar-refractivity contribution is 6.30. The van der Waals surface area contributed by atoms with Crippen LogP contribution in [0.2, 0.25) is 5.02 Å². The van der Waals surface area contributed by atoms with Gasteiger partial charge in [-0.15, -0.1) is 0 Å². The molecule has 0 saturated heterocycles. The normalized spacial score (nSPS) is 12.0. The number of carbonyl (C=O) groups is 1. The molecule has 1 unspecified atom stereocenters. The molecule has 1 atom stereocenters. The van der Waals surface area contributed by atoms with Gasteiger partial charge in [-0.25, -0.2) is 0 Å². The summed E-state index contributed by atoms with van der Waals surface area (Å²) < 4.78 is 3.03. The second kappa shape index (κ2) is 7.58. The zero-order chi connectivity index (χ0) is 19.6. The molecule has 3 rings (SSSR count). The van der Waals surface area contributed by atoms with E-state index < -0.39 is 11.0 Å². The van der Waals surface area contributed by atoms with Gasteiger partial charge in [-0.1, -0.05) is 23.7 Å². The topological polar surface area (TPSA) is 108 Å². The molecule has 9 nitrogen and oxygen atoms in total. The van der Waals surface area contributed by atoms with Crippen molar-refractivity contribution < 1.29 is 9.72 Å². The quantitative estimate of drug-likeness (QED) is 0.515. The van der Waals surface area contributed by atoms with E-state index in [2.05, 4.69) is 15.5 Å². The predicted octanol–water partition coefficient (Wildman–Crippen LogP) is 3.20. The minimum absolute atomic E-state index is 0.285. The Balaban J connectivity index is 1.72. The van der Waals surface area contributed by atoms with Crippen LogP contribution < -0.4 is 5.32 Å². The third kappa shape index (κ3) is 4.32. The summed E-state index contributed by atoms with van der Waals surface area (Å²) in [6, 6.07) is 7.97. The molecule has 0 aliphatic heterocycles. The molecule has 0 aliphatic carbocycles. The summed E-state index contributed by atoms with van der Waals surface area (Å²) >= 11 is 5.86. The lowest BCUT2D eigenvalue weighted by molar-refractivity contribution is -0.389. The number of benzene rings is 1. The summed E-state index contributed by atoms with van der Waals surface area (Å²) in [6.45, 7) is 3.81. The van der Waals surface area contributed by atoms with Crippen LogP contribution in [-0.2, 0) is 11.3 Å². The van der Waals surface area contributed by atoms with Gasteiger partial charge in [-0.2, -0.15) is 9.78 Å². The second-order valence-electron chi connectivity index (χ2n) is 6.07. The van der Waals surface area contributed by atoms with Crippen molar-refractivity contribution in [3.63, 3.8) is 0 Å². The number of nitrogens with one attached hydrogen (secondary N) is 1. The number of aromatic nitrogens is 4. The molecule has 0 bridgehead atoms. The smallest absolute Gasteiger partial charge is 0.358 e. The van der Waals surface area contributed by atoms with Crippen molar-refractivity contribution in [2.45, 2.75) is 26.4 Å². The second-order valence-corrected chi connectivity index (χ2v) is 6.50. The number of aryl methyl sites for hydroxylation is 1. The van der Waals surface area contributed by atoms with Gasteiger partial charge >= 0.3 is 5.82 Å². The Morgan fingerprint density at radius 1 is 1.41 bits per heavy atom. The zero-order valence-electron chi connectivity index (χ0n) is 14.7. The average molecular weight is 389 g/mol. The number of amides is 1. The molecule has 0 radical (unpaired) electrons. The molecule has 3 aromatic rings. The Bertz CT molecular complexity index is 996. The first-order chi connectivity index (χ1) is 12.8. The molecule has 10 heteroatoms. The van der Waals surface area contributed by atoms with Crippen LogP contribution in [0, 0.1) is 17.0 Å². The van der Waals surface area contributed by atoms with E-state index in [0.717, 1.165) is 5.56 Å². The molecule has 1 N–H and O–H groups in total. The highest BCUT2D eigenvalue weighted by Gasteiger charge is 2.24. The Kier molecular flexibility index (Phi) is 5.22. The Hall–Kier alpha value is -3.20. The lowest BCUT2D eigenvalue weighted by atomic mass is 10.2. The molecule has 27 heavy (non-hydrogen) atoms. The van der Waals surface area contributed by atoms with Gasteiger partial charge in [-0.05, 0) is 36.5 Å². The molecule has 1 amide bonds. The van der Waals surface area contributed by atoms with Crippen molar-refractivity contribution in [3.05, 3.63) is 69.1 Å². The molecule has 0 fully saturated rings. The van der Waals surface area contributed by atoms with Crippen molar-refractivity contribution in [2.24, 2.45) is 0 Å². The number of nitrogens with zero attached hydrogens (tertiary/aromatic N) is 5. The summed E-state index contributed by atoms with van der Waals surface area (Å²) in [6.07, 6.45) is 3.27. The maximum Gasteiger partial charge on any atom is 0.390 e. The fourth-order valence-corrected chi connectivity index (χ4v) is 2.83. The number of hydrogen-bond acceptors (Lipinski definition) is 5. The molecular weight excluding hydrogens is 372 g/mol. The standard InChI is InChI=1S/C17H17ClN6O3/c1-11-6-16(24(26)27)21-23(11)12(2)17(25)20-15-5-3-4-13(7-15)9-22-10-14(18)8-19-22/h3-8,10,12H,9H2,1-2H3,(H,20,25). The van der Waals surface area contributed by atoms with Crippen molar-refractivity contribution in [3.8, 4) is 0 Å². The summed E-state index contributed by atoms with van der Waals surface area (Å²) in [7, 11) is 0. The van der Waals surface area contributed by atoms with Crippen LogP contribution >= 0.6 is 11.6 Å². The lowest BCUT2D eigenvalue weighted by Gasteiger charge is -2.12. The SMILES string of the molecule is Cc1cc([N+](=O)[O-])nn1C(C)C(=O)Nc1cccc(Cn2cc(Cl)cn2)c1. The first kappa shape index (κ1) is 18.6. The molecule has 140 valence electrons.